The third-order valence-electron chi connectivity index (χ3n) is 8.05. The molecular formula is C31H32ClFN6O3. The van der Waals surface area contributed by atoms with Gasteiger partial charge >= 0.3 is 0 Å². The highest BCUT2D eigenvalue weighted by atomic mass is 35.5. The Kier molecular flexibility index (Phi) is 7.43. The third kappa shape index (κ3) is 5.35. The molecule has 3 aliphatic rings. The molecule has 2 aliphatic heterocycles. The van der Waals surface area contributed by atoms with Crippen LogP contribution in [0.25, 0.3) is 5.70 Å². The van der Waals surface area contributed by atoms with E-state index in [-0.39, 0.29) is 28.2 Å². The number of fused-ring (bicyclic) bond motifs is 4. The number of aromatic nitrogens is 4. The SMILES string of the molecule is CC(=O)NC(C)(C)c1nccc(C2=NC[C@@H]3CCCCc4cc(OC5CCc6cc(F)cnc65)c(Cl)c(=O)n4C3=C2)n1. The first-order valence-corrected chi connectivity index (χ1v) is 14.6. The predicted octanol–water partition coefficient (Wildman–Crippen LogP) is 4.95. The van der Waals surface area contributed by atoms with Crippen LogP contribution in [0.3, 0.4) is 0 Å². The Morgan fingerprint density at radius 1 is 1.19 bits per heavy atom. The van der Waals surface area contributed by atoms with E-state index in [9.17, 15) is 14.0 Å². The molecule has 1 aliphatic carbocycles. The number of hydrogen-bond acceptors (Lipinski definition) is 7. The number of nitrogens with zero attached hydrogens (tertiary/aromatic N) is 5. The number of carbonyl (C=O) groups excluding carboxylic acids is 1. The van der Waals surface area contributed by atoms with E-state index in [1.807, 2.05) is 26.0 Å². The first-order chi connectivity index (χ1) is 20.1. The number of allylic oxidation sites excluding steroid dienone is 1. The number of halogens is 2. The van der Waals surface area contributed by atoms with E-state index in [1.54, 1.807) is 16.8 Å². The molecule has 5 heterocycles. The van der Waals surface area contributed by atoms with Crippen LogP contribution in [0.4, 0.5) is 4.39 Å². The molecule has 0 fully saturated rings. The maximum atomic E-state index is 13.9. The predicted molar refractivity (Wildman–Crippen MR) is 157 cm³/mol. The largest absolute Gasteiger partial charge is 0.482 e. The van der Waals surface area contributed by atoms with E-state index in [1.165, 1.54) is 19.2 Å². The van der Waals surface area contributed by atoms with Gasteiger partial charge in [0.25, 0.3) is 5.56 Å². The molecule has 0 saturated carbocycles. The number of aryl methyl sites for hydroxylation is 2. The number of dihydropyridines is 1. The minimum atomic E-state index is -0.774. The molecule has 218 valence electrons. The Morgan fingerprint density at radius 3 is 2.83 bits per heavy atom. The first-order valence-electron chi connectivity index (χ1n) is 14.2. The van der Waals surface area contributed by atoms with Crippen molar-refractivity contribution in [2.24, 2.45) is 10.9 Å². The second-order valence-corrected chi connectivity index (χ2v) is 12.0. The Labute approximate surface area is 247 Å². The summed E-state index contributed by atoms with van der Waals surface area (Å²) in [6.45, 7) is 5.65. The number of rotatable bonds is 5. The van der Waals surface area contributed by atoms with Crippen molar-refractivity contribution in [2.75, 3.05) is 6.54 Å². The van der Waals surface area contributed by atoms with Crippen molar-refractivity contribution in [3.8, 4) is 5.75 Å². The summed E-state index contributed by atoms with van der Waals surface area (Å²) in [5, 5.41) is 2.88. The van der Waals surface area contributed by atoms with Crippen LogP contribution in [0.2, 0.25) is 5.02 Å². The zero-order valence-corrected chi connectivity index (χ0v) is 24.5. The van der Waals surface area contributed by atoms with Gasteiger partial charge in [-0.3, -0.25) is 24.1 Å². The Hall–Kier alpha value is -3.92. The summed E-state index contributed by atoms with van der Waals surface area (Å²) in [7, 11) is 0. The average molecular weight is 591 g/mol. The molecule has 0 bridgehead atoms. The van der Waals surface area contributed by atoms with Crippen molar-refractivity contribution in [2.45, 2.75) is 70.9 Å². The van der Waals surface area contributed by atoms with Crippen molar-refractivity contribution in [1.29, 1.82) is 0 Å². The summed E-state index contributed by atoms with van der Waals surface area (Å²) < 4.78 is 21.7. The molecule has 6 rings (SSSR count). The van der Waals surface area contributed by atoms with Crippen LogP contribution in [0.5, 0.6) is 5.75 Å². The molecule has 42 heavy (non-hydrogen) atoms. The van der Waals surface area contributed by atoms with Crippen molar-refractivity contribution >= 4 is 28.9 Å². The van der Waals surface area contributed by atoms with Crippen LogP contribution in [-0.2, 0) is 23.2 Å². The van der Waals surface area contributed by atoms with Gasteiger partial charge in [0.1, 0.15) is 22.7 Å². The van der Waals surface area contributed by atoms with E-state index in [0.717, 1.165) is 36.2 Å². The Balaban J connectivity index is 1.37. The highest BCUT2D eigenvalue weighted by Crippen LogP contribution is 2.38. The first kappa shape index (κ1) is 28.2. The number of pyridine rings is 2. The van der Waals surface area contributed by atoms with Gasteiger partial charge in [0, 0.05) is 43.0 Å². The Morgan fingerprint density at radius 2 is 2.02 bits per heavy atom. The van der Waals surface area contributed by atoms with Gasteiger partial charge in [-0.25, -0.2) is 14.4 Å². The number of nitrogens with one attached hydrogen (secondary N) is 1. The third-order valence-corrected chi connectivity index (χ3v) is 8.40. The van der Waals surface area contributed by atoms with Crippen LogP contribution in [0.15, 0.2) is 46.5 Å². The fraction of sp³-hybridized carbons (Fsp3) is 0.419. The number of hydrogen-bond donors (Lipinski definition) is 1. The van der Waals surface area contributed by atoms with Gasteiger partial charge in [-0.05, 0) is 69.7 Å². The van der Waals surface area contributed by atoms with Gasteiger partial charge in [-0.1, -0.05) is 18.0 Å². The average Bonchev–Trinajstić information content (AvgIpc) is 3.33. The highest BCUT2D eigenvalue weighted by Gasteiger charge is 2.31. The fourth-order valence-corrected chi connectivity index (χ4v) is 6.27. The van der Waals surface area contributed by atoms with Crippen LogP contribution in [0, 0.1) is 11.7 Å². The molecule has 2 atom stereocenters. The van der Waals surface area contributed by atoms with Crippen LogP contribution in [-0.4, -0.2) is 37.7 Å². The molecule has 0 spiro atoms. The molecule has 0 radical (unpaired) electrons. The summed E-state index contributed by atoms with van der Waals surface area (Å²) in [6.07, 6.45) is 9.14. The van der Waals surface area contributed by atoms with Gasteiger partial charge in [0.15, 0.2) is 5.82 Å². The highest BCUT2D eigenvalue weighted by molar-refractivity contribution is 6.31. The van der Waals surface area contributed by atoms with Crippen molar-refractivity contribution in [3.05, 3.63) is 86.3 Å². The molecule has 9 nitrogen and oxygen atoms in total. The van der Waals surface area contributed by atoms with Crippen LogP contribution in [0.1, 0.15) is 81.0 Å². The Bertz CT molecular complexity index is 1700. The van der Waals surface area contributed by atoms with Crippen LogP contribution < -0.4 is 15.6 Å². The number of amides is 1. The minimum Gasteiger partial charge on any atom is -0.482 e. The molecule has 3 aromatic rings. The van der Waals surface area contributed by atoms with Gasteiger partial charge < -0.3 is 10.1 Å². The lowest BCUT2D eigenvalue weighted by atomic mass is 9.91. The van der Waals surface area contributed by atoms with Crippen molar-refractivity contribution < 1.29 is 13.9 Å². The van der Waals surface area contributed by atoms with E-state index < -0.39 is 11.6 Å². The van der Waals surface area contributed by atoms with E-state index in [4.69, 9.17) is 26.3 Å². The van der Waals surface area contributed by atoms with E-state index in [0.29, 0.717) is 54.5 Å². The van der Waals surface area contributed by atoms with E-state index in [2.05, 4.69) is 15.3 Å². The zero-order valence-electron chi connectivity index (χ0n) is 23.8. The standard InChI is InChI=1S/C31H32ClFN6O3/c1-17(40)38-31(2,3)30-34-11-10-22(37-30)23-14-24-19(15-35-23)6-4-5-7-21-13-26(27(32)29(41)39(21)24)42-25-9-8-18-12-20(33)16-36-28(18)25/h10-14,16,19,25H,4-9,15H2,1-3H3,(H,38,40)/t19-,25?/m0/s1. The normalized spacial score (nSPS) is 19.8. The maximum Gasteiger partial charge on any atom is 0.277 e. The van der Waals surface area contributed by atoms with Crippen LogP contribution >= 0.6 is 11.6 Å². The van der Waals surface area contributed by atoms with Gasteiger partial charge in [0.2, 0.25) is 5.91 Å². The fourth-order valence-electron chi connectivity index (χ4n) is 6.08. The molecule has 1 N–H and O–H groups in total. The van der Waals surface area contributed by atoms with Gasteiger partial charge in [-0.2, -0.15) is 0 Å². The molecule has 0 aromatic carbocycles. The summed E-state index contributed by atoms with van der Waals surface area (Å²) in [6, 6.07) is 5.12. The van der Waals surface area contributed by atoms with E-state index >= 15 is 0 Å². The second-order valence-electron chi connectivity index (χ2n) is 11.6. The lowest BCUT2D eigenvalue weighted by Crippen LogP contribution is -2.41. The number of ether oxygens (including phenoxy) is 1. The topological polar surface area (TPSA) is 111 Å². The summed E-state index contributed by atoms with van der Waals surface area (Å²) in [4.78, 5) is 43.8. The molecule has 3 aromatic heterocycles. The summed E-state index contributed by atoms with van der Waals surface area (Å²) in [5.41, 5.74) is 3.27. The number of aliphatic imine (C=N–C) groups is 1. The summed E-state index contributed by atoms with van der Waals surface area (Å²) in [5.74, 6) is 0.275. The molecule has 0 saturated heterocycles. The minimum absolute atomic E-state index is 0.0000218. The van der Waals surface area contributed by atoms with Gasteiger partial charge in [0.05, 0.1) is 28.8 Å². The zero-order chi connectivity index (χ0) is 29.6. The monoisotopic (exact) mass is 590 g/mol. The molecular weight excluding hydrogens is 559 g/mol. The molecule has 11 heteroatoms. The molecule has 1 unspecified atom stereocenters. The lowest BCUT2D eigenvalue weighted by Gasteiger charge is -2.30. The summed E-state index contributed by atoms with van der Waals surface area (Å²) >= 11 is 6.70. The second kappa shape index (κ2) is 11.1. The smallest absolute Gasteiger partial charge is 0.277 e. The lowest BCUT2D eigenvalue weighted by molar-refractivity contribution is -0.120. The van der Waals surface area contributed by atoms with Gasteiger partial charge in [-0.15, -0.1) is 0 Å². The molecule has 1 amide bonds. The van der Waals surface area contributed by atoms with Crippen molar-refractivity contribution in [3.63, 3.8) is 0 Å². The quantitative estimate of drug-likeness (QED) is 0.450. The number of carbonyl (C=O) groups is 1. The maximum absolute atomic E-state index is 13.9. The van der Waals surface area contributed by atoms with Crippen molar-refractivity contribution in [1.82, 2.24) is 24.8 Å².